The van der Waals surface area contributed by atoms with Crippen LogP contribution in [0.4, 0.5) is 0 Å². The number of nitrogens with zero attached hydrogens (tertiary/aromatic N) is 1. The predicted molar refractivity (Wildman–Crippen MR) is 114 cm³/mol. The predicted octanol–water partition coefficient (Wildman–Crippen LogP) is 4.26. The third-order valence-electron chi connectivity index (χ3n) is 5.02. The summed E-state index contributed by atoms with van der Waals surface area (Å²) in [7, 11) is 0. The molecule has 150 valence electrons. The van der Waals surface area contributed by atoms with Crippen molar-refractivity contribution >= 4 is 11.8 Å². The Balaban J connectivity index is 2.27. The second-order valence-electron chi connectivity index (χ2n) is 7.41. The number of carbonyl (C=O) groups is 2. The third kappa shape index (κ3) is 6.22. The van der Waals surface area contributed by atoms with Gasteiger partial charge in [-0.1, -0.05) is 74.0 Å². The molecule has 4 nitrogen and oxygen atoms in total. The van der Waals surface area contributed by atoms with Crippen LogP contribution in [0.15, 0.2) is 54.6 Å². The number of nitrogens with one attached hydrogen (secondary N) is 1. The number of amides is 2. The van der Waals surface area contributed by atoms with Crippen LogP contribution in [0.3, 0.4) is 0 Å². The summed E-state index contributed by atoms with van der Waals surface area (Å²) in [6.07, 6.45) is 1.73. The average molecular weight is 381 g/mol. The summed E-state index contributed by atoms with van der Waals surface area (Å²) in [6.45, 7) is 8.45. The minimum absolute atomic E-state index is 0.0288. The van der Waals surface area contributed by atoms with Crippen molar-refractivity contribution < 1.29 is 9.59 Å². The second kappa shape index (κ2) is 10.6. The molecule has 0 spiro atoms. The monoisotopic (exact) mass is 380 g/mol. The summed E-state index contributed by atoms with van der Waals surface area (Å²) >= 11 is 0. The quantitative estimate of drug-likeness (QED) is 0.707. The van der Waals surface area contributed by atoms with E-state index in [1.54, 1.807) is 4.90 Å². The Morgan fingerprint density at radius 1 is 0.964 bits per heavy atom. The minimum atomic E-state index is -0.481. The normalized spacial score (nSPS) is 12.9. The highest BCUT2D eigenvalue weighted by molar-refractivity contribution is 5.88. The van der Waals surface area contributed by atoms with Gasteiger partial charge in [0, 0.05) is 12.6 Å². The smallest absolute Gasteiger partial charge is 0.243 e. The number of benzene rings is 2. The van der Waals surface area contributed by atoms with E-state index in [1.807, 2.05) is 76.2 Å². The van der Waals surface area contributed by atoms with Crippen LogP contribution in [0.1, 0.15) is 50.3 Å². The maximum absolute atomic E-state index is 13.2. The lowest BCUT2D eigenvalue weighted by Gasteiger charge is -2.31. The van der Waals surface area contributed by atoms with Crippen LogP contribution in [0.5, 0.6) is 0 Å². The zero-order valence-electron chi connectivity index (χ0n) is 17.4. The van der Waals surface area contributed by atoms with Gasteiger partial charge >= 0.3 is 0 Å². The first kappa shape index (κ1) is 21.7. The van der Waals surface area contributed by atoms with E-state index < -0.39 is 6.04 Å². The average Bonchev–Trinajstić information content (AvgIpc) is 2.68. The summed E-state index contributed by atoms with van der Waals surface area (Å²) in [4.78, 5) is 27.8. The maximum atomic E-state index is 13.2. The molecule has 0 fully saturated rings. The van der Waals surface area contributed by atoms with Crippen molar-refractivity contribution in [2.75, 3.05) is 0 Å². The van der Waals surface area contributed by atoms with Crippen molar-refractivity contribution in [2.24, 2.45) is 0 Å². The molecule has 28 heavy (non-hydrogen) atoms. The molecule has 0 aliphatic heterocycles. The summed E-state index contributed by atoms with van der Waals surface area (Å²) < 4.78 is 0. The molecule has 0 saturated carbocycles. The molecule has 2 aromatic rings. The molecule has 0 saturated heterocycles. The van der Waals surface area contributed by atoms with Crippen molar-refractivity contribution in [3.05, 3.63) is 71.3 Å². The van der Waals surface area contributed by atoms with E-state index in [4.69, 9.17) is 0 Å². The molecule has 0 heterocycles. The Hall–Kier alpha value is -2.62. The zero-order valence-corrected chi connectivity index (χ0v) is 17.4. The molecule has 2 atom stereocenters. The zero-order chi connectivity index (χ0) is 20.5. The lowest BCUT2D eigenvalue weighted by Crippen LogP contribution is -2.51. The Kier molecular flexibility index (Phi) is 8.24. The molecule has 0 aliphatic carbocycles. The van der Waals surface area contributed by atoms with E-state index >= 15 is 0 Å². The maximum Gasteiger partial charge on any atom is 0.243 e. The Bertz CT molecular complexity index is 773. The Morgan fingerprint density at radius 3 is 2.25 bits per heavy atom. The van der Waals surface area contributed by atoms with E-state index in [2.05, 4.69) is 11.4 Å². The van der Waals surface area contributed by atoms with Gasteiger partial charge in [-0.3, -0.25) is 9.59 Å². The van der Waals surface area contributed by atoms with Crippen molar-refractivity contribution in [2.45, 2.75) is 65.6 Å². The van der Waals surface area contributed by atoms with Crippen LogP contribution in [0, 0.1) is 6.92 Å². The lowest BCUT2D eigenvalue weighted by molar-refractivity contribution is -0.141. The SMILES string of the molecule is CC[C@@H](C)NC(=O)[C@H](CC)N(Cc1cccc(C)c1)C(=O)Cc1ccccc1. The van der Waals surface area contributed by atoms with Crippen LogP contribution >= 0.6 is 0 Å². The molecule has 1 N–H and O–H groups in total. The molecule has 0 aliphatic rings. The Labute approximate surface area is 169 Å². The highest BCUT2D eigenvalue weighted by atomic mass is 16.2. The molecular weight excluding hydrogens is 348 g/mol. The first-order valence-electron chi connectivity index (χ1n) is 10.1. The van der Waals surface area contributed by atoms with Gasteiger partial charge in [0.05, 0.1) is 6.42 Å². The van der Waals surface area contributed by atoms with Gasteiger partial charge in [0.25, 0.3) is 0 Å². The third-order valence-corrected chi connectivity index (χ3v) is 5.02. The molecule has 2 aromatic carbocycles. The second-order valence-corrected chi connectivity index (χ2v) is 7.41. The molecule has 0 aromatic heterocycles. The van der Waals surface area contributed by atoms with Gasteiger partial charge in [0.1, 0.15) is 6.04 Å². The van der Waals surface area contributed by atoms with Crippen molar-refractivity contribution in [1.29, 1.82) is 0 Å². The lowest BCUT2D eigenvalue weighted by atomic mass is 10.1. The van der Waals surface area contributed by atoms with Gasteiger partial charge in [0.15, 0.2) is 0 Å². The van der Waals surface area contributed by atoms with Crippen LogP contribution in [-0.2, 0) is 22.6 Å². The topological polar surface area (TPSA) is 49.4 Å². The summed E-state index contributed by atoms with van der Waals surface area (Å²) in [5, 5.41) is 3.04. The van der Waals surface area contributed by atoms with Crippen molar-refractivity contribution in [3.8, 4) is 0 Å². The van der Waals surface area contributed by atoms with Gasteiger partial charge in [0.2, 0.25) is 11.8 Å². The summed E-state index contributed by atoms with van der Waals surface area (Å²) in [6, 6.07) is 17.4. The molecule has 4 heteroatoms. The van der Waals surface area contributed by atoms with Gasteiger partial charge in [-0.2, -0.15) is 0 Å². The standard InChI is InChI=1S/C24H32N2O2/c1-5-19(4)25-24(28)22(6-2)26(17-21-14-10-11-18(3)15-21)23(27)16-20-12-8-7-9-13-20/h7-15,19,22H,5-6,16-17H2,1-4H3,(H,25,28)/t19-,22+/m1/s1. The number of carbonyl (C=O) groups excluding carboxylic acids is 2. The molecule has 2 rings (SSSR count). The van der Waals surface area contributed by atoms with Crippen LogP contribution in [-0.4, -0.2) is 28.8 Å². The van der Waals surface area contributed by atoms with Crippen molar-refractivity contribution in [3.63, 3.8) is 0 Å². The number of hydrogen-bond acceptors (Lipinski definition) is 2. The highest BCUT2D eigenvalue weighted by Gasteiger charge is 2.29. The van der Waals surface area contributed by atoms with Crippen molar-refractivity contribution in [1.82, 2.24) is 10.2 Å². The molecule has 0 unspecified atom stereocenters. The van der Waals surface area contributed by atoms with E-state index in [0.717, 1.165) is 23.1 Å². The van der Waals surface area contributed by atoms with E-state index in [-0.39, 0.29) is 17.9 Å². The van der Waals surface area contributed by atoms with Crippen LogP contribution in [0.2, 0.25) is 0 Å². The molecule has 2 amide bonds. The fourth-order valence-corrected chi connectivity index (χ4v) is 3.24. The molecule has 0 radical (unpaired) electrons. The number of hydrogen-bond donors (Lipinski definition) is 1. The number of rotatable bonds is 9. The molecular formula is C24H32N2O2. The first-order chi connectivity index (χ1) is 13.4. The molecule has 0 bridgehead atoms. The number of aryl methyl sites for hydroxylation is 1. The Morgan fingerprint density at radius 2 is 1.64 bits per heavy atom. The van der Waals surface area contributed by atoms with Gasteiger partial charge in [-0.25, -0.2) is 0 Å². The fourth-order valence-electron chi connectivity index (χ4n) is 3.24. The highest BCUT2D eigenvalue weighted by Crippen LogP contribution is 2.16. The van der Waals surface area contributed by atoms with Crippen LogP contribution < -0.4 is 5.32 Å². The van der Waals surface area contributed by atoms with E-state index in [9.17, 15) is 9.59 Å². The fraction of sp³-hybridized carbons (Fsp3) is 0.417. The van der Waals surface area contributed by atoms with Gasteiger partial charge in [-0.05, 0) is 37.8 Å². The van der Waals surface area contributed by atoms with E-state index in [0.29, 0.717) is 19.4 Å². The summed E-state index contributed by atoms with van der Waals surface area (Å²) in [5.41, 5.74) is 3.14. The largest absolute Gasteiger partial charge is 0.352 e. The van der Waals surface area contributed by atoms with E-state index in [1.165, 1.54) is 0 Å². The van der Waals surface area contributed by atoms with Gasteiger partial charge < -0.3 is 10.2 Å². The van der Waals surface area contributed by atoms with Gasteiger partial charge in [-0.15, -0.1) is 0 Å². The first-order valence-corrected chi connectivity index (χ1v) is 10.1. The minimum Gasteiger partial charge on any atom is -0.352 e. The van der Waals surface area contributed by atoms with Crippen LogP contribution in [0.25, 0.3) is 0 Å². The summed E-state index contributed by atoms with van der Waals surface area (Å²) in [5.74, 6) is -0.107.